The third-order valence-corrected chi connectivity index (χ3v) is 5.32. The lowest BCUT2D eigenvalue weighted by atomic mass is 10.4. The van der Waals surface area contributed by atoms with Gasteiger partial charge in [-0.15, -0.1) is 0 Å². The standard InChI is InChI=1S/C12H20N2O4S2/c1-9(8-19(2)15)14-20(16,17)12-6-5-11(18-12)7-13-10-3-4-10/h5-6,9-10,13-14H,3-4,7-8H2,1-2H3. The van der Waals surface area contributed by atoms with Crippen molar-refractivity contribution in [3.8, 4) is 0 Å². The Morgan fingerprint density at radius 2 is 2.15 bits per heavy atom. The fourth-order valence-electron chi connectivity index (χ4n) is 1.84. The molecule has 1 aliphatic carbocycles. The van der Waals surface area contributed by atoms with Crippen LogP contribution in [0.4, 0.5) is 0 Å². The fourth-order valence-corrected chi connectivity index (χ4v) is 3.93. The van der Waals surface area contributed by atoms with Crippen molar-refractivity contribution in [2.24, 2.45) is 0 Å². The monoisotopic (exact) mass is 320 g/mol. The first-order valence-corrected chi connectivity index (χ1v) is 9.72. The average Bonchev–Trinajstić information content (AvgIpc) is 3.01. The van der Waals surface area contributed by atoms with Gasteiger partial charge in [-0.25, -0.2) is 13.1 Å². The highest BCUT2D eigenvalue weighted by molar-refractivity contribution is 7.89. The molecule has 1 aromatic rings. The molecule has 2 rings (SSSR count). The summed E-state index contributed by atoms with van der Waals surface area (Å²) in [5, 5.41) is 3.16. The van der Waals surface area contributed by atoms with E-state index in [9.17, 15) is 12.6 Å². The van der Waals surface area contributed by atoms with Crippen LogP contribution in [-0.2, 0) is 27.4 Å². The molecule has 2 unspecified atom stereocenters. The van der Waals surface area contributed by atoms with Crippen LogP contribution < -0.4 is 10.0 Å². The molecule has 20 heavy (non-hydrogen) atoms. The zero-order valence-electron chi connectivity index (χ0n) is 11.6. The molecule has 1 aromatic heterocycles. The van der Waals surface area contributed by atoms with E-state index in [-0.39, 0.29) is 10.8 Å². The van der Waals surface area contributed by atoms with Crippen LogP contribution in [-0.4, -0.2) is 36.7 Å². The van der Waals surface area contributed by atoms with Crippen molar-refractivity contribution in [1.82, 2.24) is 10.0 Å². The smallest absolute Gasteiger partial charge is 0.274 e. The highest BCUT2D eigenvalue weighted by Gasteiger charge is 2.23. The minimum atomic E-state index is -3.69. The van der Waals surface area contributed by atoms with Crippen LogP contribution in [0.3, 0.4) is 0 Å². The first kappa shape index (κ1) is 15.7. The Bertz CT molecular complexity index is 578. The third kappa shape index (κ3) is 4.69. The summed E-state index contributed by atoms with van der Waals surface area (Å²) in [6.45, 7) is 2.21. The number of sulfonamides is 1. The Morgan fingerprint density at radius 3 is 2.75 bits per heavy atom. The summed E-state index contributed by atoms with van der Waals surface area (Å²) in [4.78, 5) is 0. The van der Waals surface area contributed by atoms with Gasteiger partial charge in [-0.3, -0.25) is 4.21 Å². The van der Waals surface area contributed by atoms with Gasteiger partial charge in [0.2, 0.25) is 5.09 Å². The summed E-state index contributed by atoms with van der Waals surface area (Å²) in [5.41, 5.74) is 0. The number of hydrogen-bond acceptors (Lipinski definition) is 5. The van der Waals surface area contributed by atoms with E-state index in [4.69, 9.17) is 4.42 Å². The van der Waals surface area contributed by atoms with Crippen LogP contribution in [0.2, 0.25) is 0 Å². The molecule has 2 atom stereocenters. The first-order chi connectivity index (χ1) is 9.37. The summed E-state index contributed by atoms with van der Waals surface area (Å²) in [7, 11) is -4.74. The molecule has 1 saturated carbocycles. The largest absolute Gasteiger partial charge is 0.447 e. The number of nitrogens with one attached hydrogen (secondary N) is 2. The summed E-state index contributed by atoms with van der Waals surface area (Å²) < 4.78 is 43.0. The molecule has 0 amide bonds. The molecule has 0 spiro atoms. The van der Waals surface area contributed by atoms with Gasteiger partial charge in [-0.05, 0) is 31.9 Å². The number of furan rings is 1. The molecule has 0 aromatic carbocycles. The van der Waals surface area contributed by atoms with E-state index < -0.39 is 26.9 Å². The van der Waals surface area contributed by atoms with E-state index in [1.165, 1.54) is 18.9 Å². The lowest BCUT2D eigenvalue weighted by molar-refractivity contribution is 0.398. The molecule has 2 N–H and O–H groups in total. The molecular weight excluding hydrogens is 300 g/mol. The highest BCUT2D eigenvalue weighted by Crippen LogP contribution is 2.20. The molecular formula is C12H20N2O4S2. The number of rotatable bonds is 8. The second kappa shape index (κ2) is 6.38. The van der Waals surface area contributed by atoms with Gasteiger partial charge in [-0.1, -0.05) is 0 Å². The van der Waals surface area contributed by atoms with Crippen molar-refractivity contribution < 1.29 is 17.0 Å². The van der Waals surface area contributed by atoms with Crippen LogP contribution in [0, 0.1) is 0 Å². The van der Waals surface area contributed by atoms with E-state index in [0.717, 1.165) is 0 Å². The SMILES string of the molecule is CC(CS(C)=O)NS(=O)(=O)c1ccc(CNC2CC2)o1. The normalized spacial score (nSPS) is 18.9. The van der Waals surface area contributed by atoms with Crippen molar-refractivity contribution in [2.75, 3.05) is 12.0 Å². The van der Waals surface area contributed by atoms with Gasteiger partial charge in [0.05, 0.1) is 6.54 Å². The Hall–Kier alpha value is -0.700. The summed E-state index contributed by atoms with van der Waals surface area (Å²) in [6.07, 6.45) is 3.87. The van der Waals surface area contributed by atoms with Gasteiger partial charge in [0.15, 0.2) is 0 Å². The molecule has 0 aliphatic heterocycles. The van der Waals surface area contributed by atoms with Crippen LogP contribution in [0.1, 0.15) is 25.5 Å². The Morgan fingerprint density at radius 1 is 1.45 bits per heavy atom. The Balaban J connectivity index is 1.95. The van der Waals surface area contributed by atoms with Crippen LogP contribution >= 0.6 is 0 Å². The van der Waals surface area contributed by atoms with Crippen LogP contribution in [0.5, 0.6) is 0 Å². The van der Waals surface area contributed by atoms with E-state index in [2.05, 4.69) is 10.0 Å². The van der Waals surface area contributed by atoms with Crippen molar-refractivity contribution in [3.63, 3.8) is 0 Å². The topological polar surface area (TPSA) is 88.4 Å². The average molecular weight is 320 g/mol. The van der Waals surface area contributed by atoms with Crippen LogP contribution in [0.25, 0.3) is 0 Å². The minimum absolute atomic E-state index is 0.0983. The molecule has 1 fully saturated rings. The van der Waals surface area contributed by atoms with E-state index in [1.54, 1.807) is 19.2 Å². The zero-order valence-corrected chi connectivity index (χ0v) is 13.2. The van der Waals surface area contributed by atoms with Crippen molar-refractivity contribution in [2.45, 2.75) is 43.5 Å². The summed E-state index contributed by atoms with van der Waals surface area (Å²) in [5.74, 6) is 0.875. The molecule has 8 heteroatoms. The van der Waals surface area contributed by atoms with E-state index in [0.29, 0.717) is 18.3 Å². The maximum absolute atomic E-state index is 12.1. The minimum Gasteiger partial charge on any atom is -0.447 e. The molecule has 6 nitrogen and oxygen atoms in total. The van der Waals surface area contributed by atoms with Gasteiger partial charge in [0, 0.05) is 34.9 Å². The van der Waals surface area contributed by atoms with Gasteiger partial charge in [0.25, 0.3) is 10.0 Å². The second-order valence-corrected chi connectivity index (χ2v) is 8.26. The second-order valence-electron chi connectivity index (χ2n) is 5.14. The molecule has 0 bridgehead atoms. The van der Waals surface area contributed by atoms with Gasteiger partial charge < -0.3 is 9.73 Å². The number of hydrogen-bond donors (Lipinski definition) is 2. The highest BCUT2D eigenvalue weighted by atomic mass is 32.2. The van der Waals surface area contributed by atoms with Crippen LogP contribution in [0.15, 0.2) is 21.6 Å². The maximum Gasteiger partial charge on any atom is 0.274 e. The quantitative estimate of drug-likeness (QED) is 0.731. The lowest BCUT2D eigenvalue weighted by Gasteiger charge is -2.11. The summed E-state index contributed by atoms with van der Waals surface area (Å²) >= 11 is 0. The first-order valence-electron chi connectivity index (χ1n) is 6.51. The Labute approximate surface area is 121 Å². The predicted octanol–water partition coefficient (Wildman–Crippen LogP) is 0.577. The molecule has 1 heterocycles. The van der Waals surface area contributed by atoms with Gasteiger partial charge >= 0.3 is 0 Å². The third-order valence-electron chi connectivity index (χ3n) is 2.89. The van der Waals surface area contributed by atoms with Crippen molar-refractivity contribution in [3.05, 3.63) is 17.9 Å². The van der Waals surface area contributed by atoms with Gasteiger partial charge in [0.1, 0.15) is 5.76 Å². The van der Waals surface area contributed by atoms with Gasteiger partial charge in [-0.2, -0.15) is 0 Å². The lowest BCUT2D eigenvalue weighted by Crippen LogP contribution is -2.36. The maximum atomic E-state index is 12.1. The Kier molecular flexibility index (Phi) is 5.00. The molecule has 0 radical (unpaired) electrons. The molecule has 1 aliphatic rings. The zero-order chi connectivity index (χ0) is 14.8. The van der Waals surface area contributed by atoms with E-state index in [1.807, 2.05) is 0 Å². The predicted molar refractivity (Wildman–Crippen MR) is 77.3 cm³/mol. The fraction of sp³-hybridized carbons (Fsp3) is 0.667. The van der Waals surface area contributed by atoms with Crippen molar-refractivity contribution in [1.29, 1.82) is 0 Å². The van der Waals surface area contributed by atoms with E-state index >= 15 is 0 Å². The molecule has 114 valence electrons. The summed E-state index contributed by atoms with van der Waals surface area (Å²) in [6, 6.07) is 3.25. The van der Waals surface area contributed by atoms with Crippen molar-refractivity contribution >= 4 is 20.8 Å². The molecule has 0 saturated heterocycles.